The number of benzene rings is 2. The third kappa shape index (κ3) is 4.81. The Labute approximate surface area is 183 Å². The van der Waals surface area contributed by atoms with Crippen LogP contribution >= 0.6 is 0 Å². The molecule has 0 saturated carbocycles. The van der Waals surface area contributed by atoms with Crippen LogP contribution in [0.2, 0.25) is 0 Å². The predicted molar refractivity (Wildman–Crippen MR) is 119 cm³/mol. The lowest BCUT2D eigenvalue weighted by Crippen LogP contribution is -2.17. The summed E-state index contributed by atoms with van der Waals surface area (Å²) in [5, 5.41) is 10.8. The Morgan fingerprint density at radius 2 is 1.84 bits per heavy atom. The van der Waals surface area contributed by atoms with Crippen LogP contribution < -0.4 is 5.43 Å². The fraction of sp³-hybridized carbons (Fsp3) is 0.0833. The highest BCUT2D eigenvalue weighted by Crippen LogP contribution is 2.22. The van der Waals surface area contributed by atoms with Gasteiger partial charge in [-0.15, -0.1) is 0 Å². The Hall–Kier alpha value is -4.46. The van der Waals surface area contributed by atoms with E-state index in [0.29, 0.717) is 35.1 Å². The molecule has 0 atom stereocenters. The maximum atomic E-state index is 12.3. The third-order valence-electron chi connectivity index (χ3n) is 4.56. The molecule has 8 heteroatoms. The van der Waals surface area contributed by atoms with Crippen molar-refractivity contribution >= 4 is 18.1 Å². The van der Waals surface area contributed by atoms with E-state index in [1.165, 1.54) is 6.21 Å². The molecule has 2 aromatic heterocycles. The number of carbonyl (C=O) groups is 2. The van der Waals surface area contributed by atoms with Gasteiger partial charge >= 0.3 is 5.97 Å². The van der Waals surface area contributed by atoms with Crippen LogP contribution in [0.3, 0.4) is 0 Å². The normalized spacial score (nSPS) is 10.9. The van der Waals surface area contributed by atoms with Crippen LogP contribution in [0.15, 0.2) is 82.3 Å². The number of H-pyrrole nitrogens is 1. The number of hydrogen-bond acceptors (Lipinski definition) is 6. The van der Waals surface area contributed by atoms with Gasteiger partial charge in [0.2, 0.25) is 0 Å². The first-order valence-corrected chi connectivity index (χ1v) is 9.95. The molecule has 0 aliphatic heterocycles. The highest BCUT2D eigenvalue weighted by molar-refractivity contribution is 5.94. The number of furan rings is 1. The number of nitrogens with zero attached hydrogens (tertiary/aromatic N) is 2. The van der Waals surface area contributed by atoms with E-state index in [1.807, 2.05) is 30.3 Å². The zero-order valence-corrected chi connectivity index (χ0v) is 17.2. The van der Waals surface area contributed by atoms with E-state index in [-0.39, 0.29) is 5.97 Å². The Kier molecular flexibility index (Phi) is 6.22. The maximum absolute atomic E-state index is 12.3. The van der Waals surface area contributed by atoms with Crippen molar-refractivity contribution in [3.8, 4) is 22.6 Å². The molecule has 0 saturated heterocycles. The molecule has 160 valence electrons. The first-order valence-electron chi connectivity index (χ1n) is 9.95. The molecule has 0 fully saturated rings. The Bertz CT molecular complexity index is 1240. The summed E-state index contributed by atoms with van der Waals surface area (Å²) in [7, 11) is 0. The van der Waals surface area contributed by atoms with Crippen molar-refractivity contribution in [3.05, 3.63) is 89.8 Å². The SMILES string of the molecule is CCOC(=O)c1ccc(-c2ccc(/C=N\NC(=O)c3cc(-c4ccccc4)n[nH]3)o2)cc1. The molecule has 0 aliphatic carbocycles. The molecule has 4 rings (SSSR count). The van der Waals surface area contributed by atoms with Crippen LogP contribution in [-0.4, -0.2) is 34.9 Å². The van der Waals surface area contributed by atoms with Gasteiger partial charge in [-0.3, -0.25) is 9.89 Å². The molecular weight excluding hydrogens is 408 g/mol. The van der Waals surface area contributed by atoms with E-state index in [2.05, 4.69) is 20.7 Å². The highest BCUT2D eigenvalue weighted by Gasteiger charge is 2.11. The van der Waals surface area contributed by atoms with Crippen LogP contribution in [-0.2, 0) is 4.74 Å². The molecule has 4 aromatic rings. The number of ether oxygens (including phenoxy) is 1. The van der Waals surface area contributed by atoms with Crippen molar-refractivity contribution in [3.63, 3.8) is 0 Å². The molecule has 2 aromatic carbocycles. The quantitative estimate of drug-likeness (QED) is 0.259. The summed E-state index contributed by atoms with van der Waals surface area (Å²) >= 11 is 0. The van der Waals surface area contributed by atoms with Crippen LogP contribution in [0.25, 0.3) is 22.6 Å². The number of carbonyl (C=O) groups excluding carboxylic acids is 2. The van der Waals surface area contributed by atoms with Gasteiger partial charge in [0.15, 0.2) is 0 Å². The van der Waals surface area contributed by atoms with Gasteiger partial charge in [-0.05, 0) is 37.3 Å². The molecule has 2 N–H and O–H groups in total. The van der Waals surface area contributed by atoms with E-state index in [0.717, 1.165) is 11.1 Å². The minimum atomic E-state index is -0.419. The van der Waals surface area contributed by atoms with Gasteiger partial charge in [0.1, 0.15) is 17.2 Å². The van der Waals surface area contributed by atoms with Gasteiger partial charge in [0, 0.05) is 11.1 Å². The number of amides is 1. The fourth-order valence-electron chi connectivity index (χ4n) is 2.97. The van der Waals surface area contributed by atoms with E-state index in [1.54, 1.807) is 49.4 Å². The average molecular weight is 428 g/mol. The maximum Gasteiger partial charge on any atom is 0.338 e. The molecule has 0 unspecified atom stereocenters. The molecule has 0 bridgehead atoms. The van der Waals surface area contributed by atoms with Crippen molar-refractivity contribution in [1.29, 1.82) is 0 Å². The van der Waals surface area contributed by atoms with Crippen molar-refractivity contribution in [2.24, 2.45) is 5.10 Å². The molecule has 0 spiro atoms. The molecule has 32 heavy (non-hydrogen) atoms. The molecule has 2 heterocycles. The predicted octanol–water partition coefficient (Wildman–Crippen LogP) is 4.28. The van der Waals surface area contributed by atoms with Crippen LogP contribution in [0, 0.1) is 0 Å². The van der Waals surface area contributed by atoms with Crippen molar-refractivity contribution < 1.29 is 18.7 Å². The largest absolute Gasteiger partial charge is 0.462 e. The van der Waals surface area contributed by atoms with Crippen LogP contribution in [0.1, 0.15) is 33.5 Å². The lowest BCUT2D eigenvalue weighted by atomic mass is 10.1. The zero-order chi connectivity index (χ0) is 22.3. The number of hydrogen-bond donors (Lipinski definition) is 2. The number of aromatic nitrogens is 2. The summed E-state index contributed by atoms with van der Waals surface area (Å²) in [6, 6.07) is 21.6. The molecule has 0 aliphatic rings. The van der Waals surface area contributed by atoms with Gasteiger partial charge in [-0.2, -0.15) is 10.2 Å². The summed E-state index contributed by atoms with van der Waals surface area (Å²) in [4.78, 5) is 24.0. The highest BCUT2D eigenvalue weighted by atomic mass is 16.5. The number of esters is 1. The van der Waals surface area contributed by atoms with Gasteiger partial charge in [0.05, 0.1) is 24.1 Å². The van der Waals surface area contributed by atoms with Crippen molar-refractivity contribution in [2.75, 3.05) is 6.61 Å². The second-order valence-corrected chi connectivity index (χ2v) is 6.73. The minimum absolute atomic E-state index is 0.294. The summed E-state index contributed by atoms with van der Waals surface area (Å²) in [6.07, 6.45) is 1.41. The Morgan fingerprint density at radius 3 is 2.59 bits per heavy atom. The van der Waals surface area contributed by atoms with Crippen LogP contribution in [0.5, 0.6) is 0 Å². The first-order chi connectivity index (χ1) is 15.6. The summed E-state index contributed by atoms with van der Waals surface area (Å²) in [5.41, 5.74) is 5.58. The van der Waals surface area contributed by atoms with Gasteiger partial charge < -0.3 is 9.15 Å². The fourth-order valence-corrected chi connectivity index (χ4v) is 2.97. The van der Waals surface area contributed by atoms with Crippen LogP contribution in [0.4, 0.5) is 0 Å². The van der Waals surface area contributed by atoms with E-state index in [4.69, 9.17) is 9.15 Å². The first kappa shape index (κ1) is 20.8. The molecular formula is C24H20N4O4. The van der Waals surface area contributed by atoms with E-state index < -0.39 is 5.91 Å². The molecule has 8 nitrogen and oxygen atoms in total. The summed E-state index contributed by atoms with van der Waals surface area (Å²) in [6.45, 7) is 2.09. The second kappa shape index (κ2) is 9.57. The summed E-state index contributed by atoms with van der Waals surface area (Å²) < 4.78 is 10.7. The topological polar surface area (TPSA) is 110 Å². The average Bonchev–Trinajstić information content (AvgIpc) is 3.50. The van der Waals surface area contributed by atoms with E-state index >= 15 is 0 Å². The number of hydrazone groups is 1. The number of rotatable bonds is 7. The summed E-state index contributed by atoms with van der Waals surface area (Å²) in [5.74, 6) is 0.283. The van der Waals surface area contributed by atoms with E-state index in [9.17, 15) is 9.59 Å². The molecule has 1 amide bonds. The smallest absolute Gasteiger partial charge is 0.338 e. The molecule has 0 radical (unpaired) electrons. The monoisotopic (exact) mass is 428 g/mol. The lowest BCUT2D eigenvalue weighted by Gasteiger charge is -2.02. The van der Waals surface area contributed by atoms with Gasteiger partial charge in [0.25, 0.3) is 5.91 Å². The standard InChI is InChI=1S/C24H20N4O4/c1-2-31-24(30)18-10-8-17(9-11-18)22-13-12-19(32-22)15-25-28-23(29)21-14-20(26-27-21)16-6-4-3-5-7-16/h3-15H,2H2,1H3,(H,26,27)(H,28,29)/b25-15-. The van der Waals surface area contributed by atoms with Gasteiger partial charge in [-0.1, -0.05) is 42.5 Å². The lowest BCUT2D eigenvalue weighted by molar-refractivity contribution is 0.0526. The number of nitrogens with one attached hydrogen (secondary N) is 2. The Balaban J connectivity index is 1.36. The minimum Gasteiger partial charge on any atom is -0.462 e. The van der Waals surface area contributed by atoms with Crippen molar-refractivity contribution in [1.82, 2.24) is 15.6 Å². The zero-order valence-electron chi connectivity index (χ0n) is 17.2. The third-order valence-corrected chi connectivity index (χ3v) is 4.56. The second-order valence-electron chi connectivity index (χ2n) is 6.73. The number of aromatic amines is 1. The van der Waals surface area contributed by atoms with Gasteiger partial charge in [-0.25, -0.2) is 10.2 Å². The Morgan fingerprint density at radius 1 is 1.06 bits per heavy atom. The van der Waals surface area contributed by atoms with Crippen molar-refractivity contribution in [2.45, 2.75) is 6.92 Å².